The Morgan fingerprint density at radius 2 is 1.79 bits per heavy atom. The molecule has 2 amide bonds. The number of carbonyl (C=O) groups excluding carboxylic acids is 2. The number of ether oxygens (including phenoxy) is 3. The molecule has 3 aromatic carbocycles. The standard InChI is InChI=1S/C30H30N2O5S2/c1-5-36-22-13-11-21(12-14-22)32-29(34)27(39-30(32)38)17-20-10-15-25(26(16-20)35-4)37-18-28(33)31-24-9-7-6-8-23(24)19(2)3/h6-17,19H,5,18H2,1-4H3,(H,31,33)/b27-17-. The summed E-state index contributed by atoms with van der Waals surface area (Å²) in [5.74, 6) is 1.40. The lowest BCUT2D eigenvalue weighted by Gasteiger charge is -2.15. The zero-order valence-electron chi connectivity index (χ0n) is 22.2. The number of benzene rings is 3. The third-order valence-corrected chi connectivity index (χ3v) is 7.20. The van der Waals surface area contributed by atoms with Crippen molar-refractivity contribution in [2.45, 2.75) is 26.7 Å². The van der Waals surface area contributed by atoms with Crippen LogP contribution in [0.4, 0.5) is 11.4 Å². The van der Waals surface area contributed by atoms with Gasteiger partial charge in [-0.15, -0.1) is 0 Å². The number of anilines is 2. The summed E-state index contributed by atoms with van der Waals surface area (Å²) < 4.78 is 17.2. The topological polar surface area (TPSA) is 77.1 Å². The molecule has 3 aromatic rings. The fourth-order valence-corrected chi connectivity index (χ4v) is 5.34. The van der Waals surface area contributed by atoms with E-state index in [1.807, 2.05) is 55.5 Å². The number of nitrogens with one attached hydrogen (secondary N) is 1. The van der Waals surface area contributed by atoms with Crippen molar-refractivity contribution in [2.24, 2.45) is 0 Å². The number of para-hydroxylation sites is 1. The van der Waals surface area contributed by atoms with Gasteiger partial charge in [0.2, 0.25) is 0 Å². The van der Waals surface area contributed by atoms with Gasteiger partial charge in [0.05, 0.1) is 24.3 Å². The monoisotopic (exact) mass is 562 g/mol. The summed E-state index contributed by atoms with van der Waals surface area (Å²) in [7, 11) is 1.52. The predicted molar refractivity (Wildman–Crippen MR) is 161 cm³/mol. The minimum atomic E-state index is -0.271. The van der Waals surface area contributed by atoms with E-state index in [-0.39, 0.29) is 24.3 Å². The second-order valence-electron chi connectivity index (χ2n) is 8.93. The number of thioether (sulfide) groups is 1. The lowest BCUT2D eigenvalue weighted by molar-refractivity contribution is -0.118. The Bertz CT molecular complexity index is 1400. The lowest BCUT2D eigenvalue weighted by Crippen LogP contribution is -2.27. The van der Waals surface area contributed by atoms with Crippen molar-refractivity contribution in [1.29, 1.82) is 0 Å². The van der Waals surface area contributed by atoms with Crippen LogP contribution in [0.25, 0.3) is 6.08 Å². The second-order valence-corrected chi connectivity index (χ2v) is 10.6. The zero-order chi connectivity index (χ0) is 27.9. The first-order chi connectivity index (χ1) is 18.8. The third-order valence-electron chi connectivity index (χ3n) is 5.90. The minimum absolute atomic E-state index is 0.178. The van der Waals surface area contributed by atoms with Gasteiger partial charge in [-0.2, -0.15) is 0 Å². The molecule has 0 spiro atoms. The molecule has 0 radical (unpaired) electrons. The predicted octanol–water partition coefficient (Wildman–Crippen LogP) is 6.64. The Labute approximate surface area is 238 Å². The van der Waals surface area contributed by atoms with Gasteiger partial charge in [-0.25, -0.2) is 0 Å². The van der Waals surface area contributed by atoms with Crippen LogP contribution in [0.3, 0.4) is 0 Å². The van der Waals surface area contributed by atoms with Crippen LogP contribution in [0, 0.1) is 0 Å². The molecule has 0 atom stereocenters. The average Bonchev–Trinajstić information content (AvgIpc) is 3.20. The van der Waals surface area contributed by atoms with Crippen molar-refractivity contribution in [3.05, 3.63) is 82.8 Å². The van der Waals surface area contributed by atoms with Crippen LogP contribution in [0.15, 0.2) is 71.6 Å². The molecule has 4 rings (SSSR count). The first-order valence-corrected chi connectivity index (χ1v) is 13.7. The number of hydrogen-bond acceptors (Lipinski definition) is 7. The smallest absolute Gasteiger partial charge is 0.270 e. The summed E-state index contributed by atoms with van der Waals surface area (Å²) in [6.07, 6.45) is 1.76. The maximum atomic E-state index is 13.2. The number of methoxy groups -OCH3 is 1. The summed E-state index contributed by atoms with van der Waals surface area (Å²) in [4.78, 5) is 27.7. The normalized spacial score (nSPS) is 14.2. The molecular formula is C30H30N2O5S2. The molecule has 0 saturated carbocycles. The van der Waals surface area contributed by atoms with Crippen LogP contribution in [0.1, 0.15) is 37.8 Å². The molecule has 7 nitrogen and oxygen atoms in total. The van der Waals surface area contributed by atoms with E-state index in [9.17, 15) is 9.59 Å². The maximum absolute atomic E-state index is 13.2. The molecule has 0 unspecified atom stereocenters. The van der Waals surface area contributed by atoms with E-state index in [2.05, 4.69) is 19.2 Å². The molecule has 202 valence electrons. The average molecular weight is 563 g/mol. The summed E-state index contributed by atoms with van der Waals surface area (Å²) in [5.41, 5.74) is 3.24. The van der Waals surface area contributed by atoms with E-state index in [0.29, 0.717) is 33.0 Å². The number of rotatable bonds is 10. The number of thiocarbonyl (C=S) groups is 1. The van der Waals surface area contributed by atoms with Gasteiger partial charge in [0.15, 0.2) is 22.4 Å². The van der Waals surface area contributed by atoms with Gasteiger partial charge in [-0.05, 0) is 72.5 Å². The van der Waals surface area contributed by atoms with E-state index in [0.717, 1.165) is 22.6 Å². The number of hydrogen-bond donors (Lipinski definition) is 1. The van der Waals surface area contributed by atoms with E-state index in [1.54, 1.807) is 24.3 Å². The summed E-state index contributed by atoms with van der Waals surface area (Å²) >= 11 is 6.72. The minimum Gasteiger partial charge on any atom is -0.494 e. The molecule has 1 N–H and O–H groups in total. The molecule has 39 heavy (non-hydrogen) atoms. The quantitative estimate of drug-likeness (QED) is 0.219. The molecule has 1 fully saturated rings. The number of carbonyl (C=O) groups is 2. The Morgan fingerprint density at radius 1 is 1.05 bits per heavy atom. The third kappa shape index (κ3) is 6.79. The maximum Gasteiger partial charge on any atom is 0.270 e. The van der Waals surface area contributed by atoms with Crippen molar-refractivity contribution in [1.82, 2.24) is 0 Å². The largest absolute Gasteiger partial charge is 0.494 e. The highest BCUT2D eigenvalue weighted by Crippen LogP contribution is 2.37. The SMILES string of the molecule is CCOc1ccc(N2C(=O)/C(=C/c3ccc(OCC(=O)Nc4ccccc4C(C)C)c(OC)c3)SC2=S)cc1. The summed E-state index contributed by atoms with van der Waals surface area (Å²) in [6.45, 7) is 6.46. The van der Waals surface area contributed by atoms with Gasteiger partial charge >= 0.3 is 0 Å². The van der Waals surface area contributed by atoms with Crippen LogP contribution in [-0.4, -0.2) is 36.5 Å². The van der Waals surface area contributed by atoms with Crippen LogP contribution < -0.4 is 24.4 Å². The highest BCUT2D eigenvalue weighted by molar-refractivity contribution is 8.27. The Morgan fingerprint density at radius 3 is 2.49 bits per heavy atom. The fourth-order valence-electron chi connectivity index (χ4n) is 4.04. The molecular weight excluding hydrogens is 532 g/mol. The van der Waals surface area contributed by atoms with E-state index in [4.69, 9.17) is 26.4 Å². The van der Waals surface area contributed by atoms with Crippen molar-refractivity contribution in [3.8, 4) is 17.2 Å². The second kappa shape index (κ2) is 12.8. The highest BCUT2D eigenvalue weighted by Gasteiger charge is 2.33. The van der Waals surface area contributed by atoms with Gasteiger partial charge in [0, 0.05) is 5.69 Å². The van der Waals surface area contributed by atoms with Gasteiger partial charge in [-0.3, -0.25) is 14.5 Å². The molecule has 1 aliphatic heterocycles. The van der Waals surface area contributed by atoms with Crippen molar-refractivity contribution in [2.75, 3.05) is 30.5 Å². The molecule has 1 aliphatic rings. The summed E-state index contributed by atoms with van der Waals surface area (Å²) in [5, 5.41) is 2.92. The van der Waals surface area contributed by atoms with Crippen LogP contribution >= 0.6 is 24.0 Å². The molecule has 0 aromatic heterocycles. The van der Waals surface area contributed by atoms with Crippen molar-refractivity contribution in [3.63, 3.8) is 0 Å². The van der Waals surface area contributed by atoms with Gasteiger partial charge in [0.1, 0.15) is 5.75 Å². The molecule has 0 aliphatic carbocycles. The number of amides is 2. The van der Waals surface area contributed by atoms with Gasteiger partial charge < -0.3 is 19.5 Å². The van der Waals surface area contributed by atoms with Gasteiger partial charge in [0.25, 0.3) is 11.8 Å². The molecule has 1 heterocycles. The molecule has 0 bridgehead atoms. The Kier molecular flexibility index (Phi) is 9.27. The first kappa shape index (κ1) is 28.2. The van der Waals surface area contributed by atoms with Gasteiger partial charge in [-0.1, -0.05) is 62.1 Å². The van der Waals surface area contributed by atoms with E-state index < -0.39 is 0 Å². The molecule has 1 saturated heterocycles. The zero-order valence-corrected chi connectivity index (χ0v) is 23.9. The molecule has 9 heteroatoms. The lowest BCUT2D eigenvalue weighted by atomic mass is 10.0. The van der Waals surface area contributed by atoms with Crippen molar-refractivity contribution >= 4 is 57.6 Å². The van der Waals surface area contributed by atoms with E-state index >= 15 is 0 Å². The van der Waals surface area contributed by atoms with Crippen LogP contribution in [-0.2, 0) is 9.59 Å². The first-order valence-electron chi connectivity index (χ1n) is 12.5. The Balaban J connectivity index is 1.44. The van der Waals surface area contributed by atoms with E-state index in [1.165, 1.54) is 23.8 Å². The Hall–Kier alpha value is -3.82. The van der Waals surface area contributed by atoms with Crippen molar-refractivity contribution < 1.29 is 23.8 Å². The summed E-state index contributed by atoms with van der Waals surface area (Å²) in [6, 6.07) is 20.2. The van der Waals surface area contributed by atoms with Crippen LogP contribution in [0.5, 0.6) is 17.2 Å². The number of nitrogens with zero attached hydrogens (tertiary/aromatic N) is 1. The van der Waals surface area contributed by atoms with Crippen LogP contribution in [0.2, 0.25) is 0 Å². The fraction of sp³-hybridized carbons (Fsp3) is 0.233. The highest BCUT2D eigenvalue weighted by atomic mass is 32.2.